The first-order valence-corrected chi connectivity index (χ1v) is 11.1. The molecule has 1 N–H and O–H groups in total. The highest BCUT2D eigenvalue weighted by Gasteiger charge is 2.44. The summed E-state index contributed by atoms with van der Waals surface area (Å²) < 4.78 is 49.4. The van der Waals surface area contributed by atoms with Gasteiger partial charge in [-0.3, -0.25) is 9.59 Å². The number of carbonyl (C=O) groups is 2. The predicted molar refractivity (Wildman–Crippen MR) is 120 cm³/mol. The molecule has 2 amide bonds. The third-order valence-corrected chi connectivity index (χ3v) is 6.10. The maximum absolute atomic E-state index is 14.0. The van der Waals surface area contributed by atoms with Gasteiger partial charge in [-0.25, -0.2) is 4.39 Å². The molecular weight excluding hydrogens is 485 g/mol. The summed E-state index contributed by atoms with van der Waals surface area (Å²) in [7, 11) is 0. The molecule has 180 valence electrons. The van der Waals surface area contributed by atoms with Crippen molar-refractivity contribution in [2.24, 2.45) is 0 Å². The van der Waals surface area contributed by atoms with E-state index in [0.29, 0.717) is 17.0 Å². The number of hydrogen-bond acceptors (Lipinski definition) is 4. The van der Waals surface area contributed by atoms with Crippen LogP contribution in [0.3, 0.4) is 0 Å². The Morgan fingerprint density at radius 3 is 2.49 bits per heavy atom. The number of fused-ring (bicyclic) bond motifs is 2. The second-order valence-electron chi connectivity index (χ2n) is 8.18. The summed E-state index contributed by atoms with van der Waals surface area (Å²) in [5, 5.41) is 3.29. The van der Waals surface area contributed by atoms with E-state index in [-0.39, 0.29) is 41.6 Å². The number of carbonyl (C=O) groups excluding carboxylic acids is 2. The Morgan fingerprint density at radius 1 is 1.00 bits per heavy atom. The van der Waals surface area contributed by atoms with Gasteiger partial charge in [0.1, 0.15) is 11.9 Å². The van der Waals surface area contributed by atoms with Crippen LogP contribution in [-0.4, -0.2) is 29.6 Å². The molecule has 0 aliphatic carbocycles. The minimum Gasteiger partial charge on any atom is -0.395 e. The molecule has 0 aromatic heterocycles. The summed E-state index contributed by atoms with van der Waals surface area (Å²) in [6.07, 6.45) is -3.29. The van der Waals surface area contributed by atoms with E-state index in [4.69, 9.17) is 11.6 Å². The first kappa shape index (κ1) is 23.0. The van der Waals surface area contributed by atoms with Gasteiger partial charge in [0.05, 0.1) is 0 Å². The van der Waals surface area contributed by atoms with Gasteiger partial charge in [-0.15, -0.1) is 8.78 Å². The second-order valence-corrected chi connectivity index (χ2v) is 8.61. The van der Waals surface area contributed by atoms with Crippen molar-refractivity contribution in [1.29, 1.82) is 0 Å². The number of hydrogen-bond donors (Lipinski definition) is 1. The number of alkyl halides is 2. The second kappa shape index (κ2) is 8.81. The third-order valence-electron chi connectivity index (χ3n) is 5.85. The molecule has 5 rings (SSSR count). The highest BCUT2D eigenvalue weighted by atomic mass is 35.5. The quantitative estimate of drug-likeness (QED) is 0.523. The van der Waals surface area contributed by atoms with E-state index in [1.165, 1.54) is 41.3 Å². The third kappa shape index (κ3) is 4.64. The molecule has 2 aliphatic rings. The molecule has 10 heteroatoms. The lowest BCUT2D eigenvalue weighted by atomic mass is 10.0. The van der Waals surface area contributed by atoms with Gasteiger partial charge in [0.15, 0.2) is 11.5 Å². The van der Waals surface area contributed by atoms with Crippen LogP contribution in [0.5, 0.6) is 11.5 Å². The number of halogens is 4. The van der Waals surface area contributed by atoms with E-state index in [2.05, 4.69) is 14.8 Å². The van der Waals surface area contributed by atoms with Gasteiger partial charge in [0, 0.05) is 23.7 Å². The number of amides is 2. The smallest absolute Gasteiger partial charge is 0.395 e. The molecular formula is C25H18ClF3N2O4. The Balaban J connectivity index is 1.34. The van der Waals surface area contributed by atoms with Gasteiger partial charge in [-0.1, -0.05) is 29.8 Å². The highest BCUT2D eigenvalue weighted by Crippen LogP contribution is 2.41. The number of benzene rings is 3. The molecule has 0 bridgehead atoms. The zero-order valence-corrected chi connectivity index (χ0v) is 18.8. The Kier molecular flexibility index (Phi) is 5.80. The minimum atomic E-state index is -3.74. The molecule has 0 spiro atoms. The van der Waals surface area contributed by atoms with Gasteiger partial charge in [-0.2, -0.15) is 0 Å². The van der Waals surface area contributed by atoms with Crippen LogP contribution in [0.1, 0.15) is 33.1 Å². The Labute approximate surface area is 203 Å². The standard InChI is InChI=1S/C25H18ClF3N2O4/c26-16-4-1-14(2-5-16)9-10-31-22(19-12-17(27)6-7-18(19)24(31)33)23(32)30-13-15-3-8-20-21(11-15)35-25(28,29)34-20/h1-8,11-12,22H,9-10,13H2,(H,30,32). The molecule has 0 saturated heterocycles. The Bertz CT molecular complexity index is 1320. The number of nitrogens with one attached hydrogen (secondary N) is 1. The van der Waals surface area contributed by atoms with Gasteiger partial charge in [0.25, 0.3) is 5.91 Å². The molecule has 1 atom stereocenters. The normalized spacial score (nSPS) is 17.4. The summed E-state index contributed by atoms with van der Waals surface area (Å²) in [5.41, 5.74) is 1.93. The Morgan fingerprint density at radius 2 is 1.71 bits per heavy atom. The van der Waals surface area contributed by atoms with E-state index < -0.39 is 24.1 Å². The lowest BCUT2D eigenvalue weighted by Gasteiger charge is -2.25. The summed E-state index contributed by atoms with van der Waals surface area (Å²) in [6.45, 7) is 0.190. The maximum atomic E-state index is 14.0. The Hall–Kier alpha value is -3.72. The number of ether oxygens (including phenoxy) is 2. The fourth-order valence-corrected chi connectivity index (χ4v) is 4.32. The molecule has 35 heavy (non-hydrogen) atoms. The zero-order valence-electron chi connectivity index (χ0n) is 18.1. The van der Waals surface area contributed by atoms with Crippen LogP contribution in [-0.2, 0) is 17.8 Å². The van der Waals surface area contributed by atoms with Crippen LogP contribution < -0.4 is 14.8 Å². The predicted octanol–water partition coefficient (Wildman–Crippen LogP) is 4.86. The summed E-state index contributed by atoms with van der Waals surface area (Å²) in [5.74, 6) is -1.72. The number of rotatable bonds is 6. The molecule has 6 nitrogen and oxygen atoms in total. The van der Waals surface area contributed by atoms with Gasteiger partial charge < -0.3 is 19.7 Å². The fourth-order valence-electron chi connectivity index (χ4n) is 4.20. The molecule has 0 fully saturated rings. The summed E-state index contributed by atoms with van der Waals surface area (Å²) in [6, 6.07) is 14.0. The van der Waals surface area contributed by atoms with E-state index in [9.17, 15) is 22.8 Å². The first-order chi connectivity index (χ1) is 16.7. The van der Waals surface area contributed by atoms with E-state index >= 15 is 0 Å². The van der Waals surface area contributed by atoms with Crippen molar-refractivity contribution in [3.05, 3.63) is 93.8 Å². The minimum absolute atomic E-state index is 0.0264. The maximum Gasteiger partial charge on any atom is 0.586 e. The monoisotopic (exact) mass is 502 g/mol. The molecule has 3 aromatic carbocycles. The average molecular weight is 503 g/mol. The lowest BCUT2D eigenvalue weighted by Crippen LogP contribution is -2.39. The van der Waals surface area contributed by atoms with Crippen molar-refractivity contribution in [2.75, 3.05) is 6.54 Å². The number of nitrogens with zero attached hydrogens (tertiary/aromatic N) is 1. The molecule has 2 aliphatic heterocycles. The van der Waals surface area contributed by atoms with Crippen LogP contribution in [0.15, 0.2) is 60.7 Å². The van der Waals surface area contributed by atoms with Gasteiger partial charge in [-0.05, 0) is 65.6 Å². The van der Waals surface area contributed by atoms with Crippen molar-refractivity contribution in [1.82, 2.24) is 10.2 Å². The molecule has 3 aromatic rings. The summed E-state index contributed by atoms with van der Waals surface area (Å²) in [4.78, 5) is 27.7. The van der Waals surface area contributed by atoms with Crippen LogP contribution in [0.4, 0.5) is 13.2 Å². The van der Waals surface area contributed by atoms with E-state index in [1.54, 1.807) is 12.1 Å². The average Bonchev–Trinajstić information content (AvgIpc) is 3.28. The van der Waals surface area contributed by atoms with Crippen molar-refractivity contribution < 1.29 is 32.2 Å². The topological polar surface area (TPSA) is 67.9 Å². The highest BCUT2D eigenvalue weighted by molar-refractivity contribution is 6.30. The lowest BCUT2D eigenvalue weighted by molar-refractivity contribution is -0.286. The van der Waals surface area contributed by atoms with Crippen molar-refractivity contribution in [2.45, 2.75) is 25.3 Å². The van der Waals surface area contributed by atoms with E-state index in [0.717, 1.165) is 5.56 Å². The summed E-state index contributed by atoms with van der Waals surface area (Å²) >= 11 is 5.93. The van der Waals surface area contributed by atoms with Crippen molar-refractivity contribution >= 4 is 23.4 Å². The van der Waals surface area contributed by atoms with Crippen molar-refractivity contribution in [3.63, 3.8) is 0 Å². The largest absolute Gasteiger partial charge is 0.586 e. The zero-order chi connectivity index (χ0) is 24.7. The molecule has 1 unspecified atom stereocenters. The molecule has 0 radical (unpaired) electrons. The van der Waals surface area contributed by atoms with Gasteiger partial charge in [0.2, 0.25) is 5.91 Å². The molecule has 0 saturated carbocycles. The van der Waals surface area contributed by atoms with Crippen LogP contribution in [0.25, 0.3) is 0 Å². The first-order valence-electron chi connectivity index (χ1n) is 10.7. The van der Waals surface area contributed by atoms with Crippen LogP contribution in [0.2, 0.25) is 5.02 Å². The van der Waals surface area contributed by atoms with Crippen LogP contribution in [0, 0.1) is 5.82 Å². The van der Waals surface area contributed by atoms with Crippen LogP contribution >= 0.6 is 11.6 Å². The molecule has 2 heterocycles. The fraction of sp³-hybridized carbons (Fsp3) is 0.200. The van der Waals surface area contributed by atoms with Gasteiger partial charge >= 0.3 is 6.29 Å². The van der Waals surface area contributed by atoms with Crippen molar-refractivity contribution in [3.8, 4) is 11.5 Å². The van der Waals surface area contributed by atoms with E-state index in [1.807, 2.05) is 12.1 Å². The SMILES string of the molecule is O=C(NCc1ccc2c(c1)OC(F)(F)O2)C1c2cc(F)ccc2C(=O)N1CCc1ccc(Cl)cc1.